The van der Waals surface area contributed by atoms with Crippen LogP contribution in [-0.4, -0.2) is 92.4 Å². The fraction of sp³-hybridized carbons (Fsp3) is 0.606. The average molecular weight is 630 g/mol. The number of amides is 1. The van der Waals surface area contributed by atoms with Crippen LogP contribution in [-0.2, 0) is 31.9 Å². The van der Waals surface area contributed by atoms with Gasteiger partial charge in [0.05, 0.1) is 40.0 Å². The van der Waals surface area contributed by atoms with E-state index in [0.29, 0.717) is 82.1 Å². The molecule has 2 aromatic rings. The highest BCUT2D eigenvalue weighted by Crippen LogP contribution is 2.37. The third-order valence-corrected chi connectivity index (χ3v) is 8.49. The van der Waals surface area contributed by atoms with Crippen LogP contribution in [0.3, 0.4) is 0 Å². The first kappa shape index (κ1) is 33.9. The topological polar surface area (TPSA) is 119 Å². The van der Waals surface area contributed by atoms with Crippen LogP contribution < -0.4 is 14.8 Å². The number of pyridine rings is 1. The normalized spacial score (nSPS) is 15.7. The highest BCUT2D eigenvalue weighted by molar-refractivity contribution is 7.80. The van der Waals surface area contributed by atoms with Gasteiger partial charge in [-0.15, -0.1) is 0 Å². The number of rotatable bonds is 18. The Morgan fingerprint density at radius 3 is 2.59 bits per heavy atom. The summed E-state index contributed by atoms with van der Waals surface area (Å²) in [6, 6.07) is 9.83. The van der Waals surface area contributed by atoms with Gasteiger partial charge in [-0.25, -0.2) is 4.98 Å². The summed E-state index contributed by atoms with van der Waals surface area (Å²) in [7, 11) is 1.58. The number of hydrogen-bond donors (Lipinski definition) is 3. The number of carboxylic acid groups (broad SMARTS) is 1. The Bertz CT molecular complexity index is 1210. The Morgan fingerprint density at radius 1 is 1.07 bits per heavy atom. The van der Waals surface area contributed by atoms with E-state index < -0.39 is 5.97 Å². The number of carboxylic acids is 1. The van der Waals surface area contributed by atoms with Gasteiger partial charge in [0.1, 0.15) is 12.4 Å². The maximum Gasteiger partial charge on any atom is 0.303 e. The van der Waals surface area contributed by atoms with Gasteiger partial charge in [-0.05, 0) is 79.7 Å². The molecule has 44 heavy (non-hydrogen) atoms. The molecule has 2 N–H and O–H groups in total. The first-order chi connectivity index (χ1) is 21.5. The molecule has 10 nitrogen and oxygen atoms in total. The number of nitrogens with zero attached hydrogens (tertiary/aromatic N) is 2. The van der Waals surface area contributed by atoms with Crippen LogP contribution >= 0.6 is 12.6 Å². The number of aliphatic carboxylic acids is 1. The summed E-state index contributed by atoms with van der Waals surface area (Å²) in [4.78, 5) is 31.5. The molecule has 0 spiro atoms. The standard InChI is InChI=1S/C33H47N3O7S/c1-40-30-22-26(5-8-29(30)43-18-17-41-15-16-42-19-20-44)27(23-32(38)39)21-24-10-13-36(14-11-24)31(37)9-7-28-6-4-25-3-2-12-34-33(25)35-28/h4-6,8,22,24,27,44H,2-3,7,9-21,23H2,1H3,(H,34,35)(H,38,39). The van der Waals surface area contributed by atoms with Gasteiger partial charge in [0.2, 0.25) is 5.91 Å². The molecule has 1 aromatic carbocycles. The van der Waals surface area contributed by atoms with E-state index in [1.807, 2.05) is 29.2 Å². The minimum atomic E-state index is -0.830. The molecule has 1 atom stereocenters. The van der Waals surface area contributed by atoms with E-state index in [-0.39, 0.29) is 18.2 Å². The third-order valence-electron chi connectivity index (χ3n) is 8.30. The second-order valence-electron chi connectivity index (χ2n) is 11.4. The molecule has 1 fully saturated rings. The van der Waals surface area contributed by atoms with Crippen LogP contribution in [0.2, 0.25) is 0 Å². The molecule has 3 heterocycles. The fourth-order valence-electron chi connectivity index (χ4n) is 5.92. The molecule has 1 amide bonds. The second-order valence-corrected chi connectivity index (χ2v) is 11.8. The average Bonchev–Trinajstić information content (AvgIpc) is 3.04. The molecule has 1 unspecified atom stereocenters. The number of thiol groups is 1. The lowest BCUT2D eigenvalue weighted by molar-refractivity contribution is -0.137. The number of likely N-dealkylation sites (tertiary alicyclic amines) is 1. The molecule has 0 saturated carbocycles. The Balaban J connectivity index is 1.24. The van der Waals surface area contributed by atoms with Gasteiger partial charge >= 0.3 is 5.97 Å². The lowest BCUT2D eigenvalue weighted by atomic mass is 9.82. The van der Waals surface area contributed by atoms with E-state index >= 15 is 0 Å². The number of methoxy groups -OCH3 is 1. The van der Waals surface area contributed by atoms with Crippen molar-refractivity contribution in [3.63, 3.8) is 0 Å². The zero-order valence-electron chi connectivity index (χ0n) is 25.8. The number of aromatic nitrogens is 1. The summed E-state index contributed by atoms with van der Waals surface area (Å²) in [6.45, 7) is 4.72. The number of aryl methyl sites for hydroxylation is 2. The van der Waals surface area contributed by atoms with Crippen molar-refractivity contribution in [3.8, 4) is 11.5 Å². The summed E-state index contributed by atoms with van der Waals surface area (Å²) >= 11 is 4.10. The zero-order valence-corrected chi connectivity index (χ0v) is 26.7. The van der Waals surface area contributed by atoms with Crippen LogP contribution in [0, 0.1) is 5.92 Å². The van der Waals surface area contributed by atoms with E-state index in [4.69, 9.17) is 23.9 Å². The van der Waals surface area contributed by atoms with Crippen LogP contribution in [0.5, 0.6) is 11.5 Å². The quantitative estimate of drug-likeness (QED) is 0.160. The number of fused-ring (bicyclic) bond motifs is 1. The lowest BCUT2D eigenvalue weighted by Gasteiger charge is -2.34. The van der Waals surface area contributed by atoms with Crippen molar-refractivity contribution >= 4 is 30.3 Å². The Kier molecular flexibility index (Phi) is 13.9. The number of benzene rings is 1. The van der Waals surface area contributed by atoms with Crippen molar-refractivity contribution in [1.82, 2.24) is 9.88 Å². The molecule has 242 valence electrons. The third kappa shape index (κ3) is 10.6. The molecular formula is C33H47N3O7S. The number of piperidine rings is 1. The predicted octanol–water partition coefficient (Wildman–Crippen LogP) is 4.61. The van der Waals surface area contributed by atoms with Gasteiger partial charge in [0.15, 0.2) is 11.5 Å². The van der Waals surface area contributed by atoms with E-state index in [2.05, 4.69) is 24.0 Å². The van der Waals surface area contributed by atoms with Crippen molar-refractivity contribution in [3.05, 3.63) is 47.2 Å². The van der Waals surface area contributed by atoms with Crippen LogP contribution in [0.15, 0.2) is 30.3 Å². The molecule has 1 aromatic heterocycles. The van der Waals surface area contributed by atoms with Gasteiger partial charge in [-0.2, -0.15) is 12.6 Å². The molecule has 11 heteroatoms. The van der Waals surface area contributed by atoms with E-state index in [1.165, 1.54) is 5.56 Å². The first-order valence-corrected chi connectivity index (χ1v) is 16.4. The second kappa shape index (κ2) is 18.1. The predicted molar refractivity (Wildman–Crippen MR) is 172 cm³/mol. The molecule has 1 saturated heterocycles. The van der Waals surface area contributed by atoms with Crippen molar-refractivity contribution in [2.24, 2.45) is 5.92 Å². The van der Waals surface area contributed by atoms with Crippen molar-refractivity contribution in [2.45, 2.75) is 57.3 Å². The van der Waals surface area contributed by atoms with Gasteiger partial charge in [0.25, 0.3) is 0 Å². The molecule has 0 radical (unpaired) electrons. The van der Waals surface area contributed by atoms with Gasteiger partial charge in [-0.3, -0.25) is 9.59 Å². The highest BCUT2D eigenvalue weighted by Gasteiger charge is 2.27. The summed E-state index contributed by atoms with van der Waals surface area (Å²) in [5.41, 5.74) is 3.11. The number of carbonyl (C=O) groups is 2. The lowest BCUT2D eigenvalue weighted by Crippen LogP contribution is -2.39. The largest absolute Gasteiger partial charge is 0.493 e. The fourth-order valence-corrected chi connectivity index (χ4v) is 6.05. The Morgan fingerprint density at radius 2 is 1.84 bits per heavy atom. The maximum absolute atomic E-state index is 13.0. The van der Waals surface area contributed by atoms with Crippen LogP contribution in [0.1, 0.15) is 61.3 Å². The summed E-state index contributed by atoms with van der Waals surface area (Å²) in [5.74, 6) is 2.31. The van der Waals surface area contributed by atoms with Gasteiger partial charge in [-0.1, -0.05) is 12.1 Å². The van der Waals surface area contributed by atoms with Crippen molar-refractivity contribution < 1.29 is 33.6 Å². The maximum atomic E-state index is 13.0. The van der Waals surface area contributed by atoms with Crippen LogP contribution in [0.25, 0.3) is 0 Å². The smallest absolute Gasteiger partial charge is 0.303 e. The number of carbonyl (C=O) groups excluding carboxylic acids is 1. The van der Waals surface area contributed by atoms with E-state index in [9.17, 15) is 14.7 Å². The molecule has 0 aliphatic carbocycles. The van der Waals surface area contributed by atoms with Gasteiger partial charge in [0, 0.05) is 37.5 Å². The Labute approximate surface area is 266 Å². The van der Waals surface area contributed by atoms with Gasteiger partial charge < -0.3 is 34.3 Å². The molecule has 0 bridgehead atoms. The minimum Gasteiger partial charge on any atom is -0.493 e. The molecule has 4 rings (SSSR count). The zero-order chi connectivity index (χ0) is 31.1. The number of anilines is 1. The molecular weight excluding hydrogens is 582 g/mol. The summed E-state index contributed by atoms with van der Waals surface area (Å²) in [6.07, 6.45) is 5.76. The number of hydrogen-bond acceptors (Lipinski definition) is 9. The SMILES string of the molecule is COc1cc(C(CC(=O)O)CC2CCN(C(=O)CCc3ccc4c(n3)NCCC4)CC2)ccc1OCCOCCOCCS. The van der Waals surface area contributed by atoms with E-state index in [0.717, 1.165) is 55.7 Å². The first-order valence-electron chi connectivity index (χ1n) is 15.8. The monoisotopic (exact) mass is 629 g/mol. The van der Waals surface area contributed by atoms with Crippen molar-refractivity contribution in [2.75, 3.05) is 70.8 Å². The van der Waals surface area contributed by atoms with E-state index in [1.54, 1.807) is 7.11 Å². The Hall–Kier alpha value is -3.02. The van der Waals surface area contributed by atoms with Crippen molar-refractivity contribution in [1.29, 1.82) is 0 Å². The van der Waals surface area contributed by atoms with Crippen LogP contribution in [0.4, 0.5) is 5.82 Å². The molecule has 2 aliphatic heterocycles. The number of ether oxygens (including phenoxy) is 4. The summed E-state index contributed by atoms with van der Waals surface area (Å²) < 4.78 is 22.3. The summed E-state index contributed by atoms with van der Waals surface area (Å²) in [5, 5.41) is 13.0. The highest BCUT2D eigenvalue weighted by atomic mass is 32.1. The number of nitrogens with one attached hydrogen (secondary N) is 1. The molecule has 2 aliphatic rings. The minimum absolute atomic E-state index is 0.0360.